The Morgan fingerprint density at radius 3 is 2.30 bits per heavy atom. The molecule has 2 amide bonds. The van der Waals surface area contributed by atoms with E-state index >= 15 is 0 Å². The van der Waals surface area contributed by atoms with Crippen LogP contribution in [0.4, 0.5) is 20.2 Å². The first-order chi connectivity index (χ1) is 14.3. The Morgan fingerprint density at radius 2 is 1.70 bits per heavy atom. The van der Waals surface area contributed by atoms with E-state index in [1.165, 1.54) is 30.3 Å². The number of halogens is 3. The molecular formula is C20H17ClF2N2O5. The summed E-state index contributed by atoms with van der Waals surface area (Å²) in [6.45, 7) is -3.59. The van der Waals surface area contributed by atoms with Gasteiger partial charge in [0.2, 0.25) is 5.91 Å². The van der Waals surface area contributed by atoms with Gasteiger partial charge in [0, 0.05) is 17.3 Å². The van der Waals surface area contributed by atoms with Crippen LogP contribution in [-0.2, 0) is 14.3 Å². The highest BCUT2D eigenvalue weighted by Crippen LogP contribution is 2.30. The van der Waals surface area contributed by atoms with Crippen molar-refractivity contribution in [2.75, 3.05) is 17.2 Å². The van der Waals surface area contributed by atoms with Gasteiger partial charge in [0.05, 0.1) is 10.6 Å². The minimum Gasteiger partial charge on any atom is -0.452 e. The topological polar surface area (TPSA) is 93.7 Å². The van der Waals surface area contributed by atoms with Crippen LogP contribution in [0.3, 0.4) is 0 Å². The number of anilines is 2. The van der Waals surface area contributed by atoms with E-state index in [9.17, 15) is 23.2 Å². The Morgan fingerprint density at radius 1 is 1.03 bits per heavy atom. The molecule has 1 aliphatic rings. The zero-order valence-corrected chi connectivity index (χ0v) is 16.2. The fourth-order valence-corrected chi connectivity index (χ4v) is 2.69. The van der Waals surface area contributed by atoms with Gasteiger partial charge in [-0.1, -0.05) is 11.6 Å². The maximum Gasteiger partial charge on any atom is 0.387 e. The second-order valence-electron chi connectivity index (χ2n) is 6.49. The van der Waals surface area contributed by atoms with Crippen LogP contribution in [-0.4, -0.2) is 31.0 Å². The summed E-state index contributed by atoms with van der Waals surface area (Å²) in [5.41, 5.74) is 1.000. The largest absolute Gasteiger partial charge is 0.452 e. The van der Waals surface area contributed by atoms with Crippen molar-refractivity contribution >= 4 is 40.8 Å². The summed E-state index contributed by atoms with van der Waals surface area (Å²) >= 11 is 5.81. The van der Waals surface area contributed by atoms with Gasteiger partial charge in [0.15, 0.2) is 6.61 Å². The van der Waals surface area contributed by atoms with Gasteiger partial charge in [-0.05, 0) is 55.3 Å². The molecule has 0 bridgehead atoms. The van der Waals surface area contributed by atoms with Crippen molar-refractivity contribution in [3.05, 3.63) is 53.1 Å². The van der Waals surface area contributed by atoms with Crippen LogP contribution in [0.1, 0.15) is 23.2 Å². The van der Waals surface area contributed by atoms with E-state index in [-0.39, 0.29) is 33.8 Å². The average molecular weight is 439 g/mol. The molecule has 1 aliphatic carbocycles. The summed E-state index contributed by atoms with van der Waals surface area (Å²) in [6, 6.07) is 9.82. The predicted molar refractivity (Wildman–Crippen MR) is 105 cm³/mol. The number of carbonyl (C=O) groups excluding carboxylic acids is 3. The lowest BCUT2D eigenvalue weighted by molar-refractivity contribution is -0.119. The molecule has 0 radical (unpaired) electrons. The maximum atomic E-state index is 12.2. The first-order valence-electron chi connectivity index (χ1n) is 8.94. The van der Waals surface area contributed by atoms with E-state index in [4.69, 9.17) is 16.3 Å². The van der Waals surface area contributed by atoms with Gasteiger partial charge in [0.25, 0.3) is 5.91 Å². The minimum atomic E-state index is -3.02. The molecule has 2 aromatic rings. The Balaban J connectivity index is 1.47. The summed E-state index contributed by atoms with van der Waals surface area (Å²) in [5, 5.41) is 5.06. The van der Waals surface area contributed by atoms with E-state index in [1.54, 1.807) is 12.1 Å². The molecule has 1 saturated carbocycles. The zero-order chi connectivity index (χ0) is 21.7. The second kappa shape index (κ2) is 9.53. The summed E-state index contributed by atoms with van der Waals surface area (Å²) in [5.74, 6) is -1.57. The highest BCUT2D eigenvalue weighted by molar-refractivity contribution is 6.32. The summed E-state index contributed by atoms with van der Waals surface area (Å²) in [4.78, 5) is 35.7. The molecule has 0 unspecified atom stereocenters. The van der Waals surface area contributed by atoms with Crippen LogP contribution >= 0.6 is 11.6 Å². The number of hydrogen-bond donors (Lipinski definition) is 2. The number of ether oxygens (including phenoxy) is 2. The SMILES string of the molecule is O=C(COC(=O)c1ccc(NC(=O)C2CC2)cc1)Nc1ccc(OC(F)F)c(Cl)c1. The Bertz CT molecular complexity index is 949. The fourth-order valence-electron chi connectivity index (χ4n) is 2.46. The second-order valence-corrected chi connectivity index (χ2v) is 6.90. The summed E-state index contributed by atoms with van der Waals surface area (Å²) in [6.07, 6.45) is 1.77. The maximum absolute atomic E-state index is 12.2. The smallest absolute Gasteiger partial charge is 0.387 e. The lowest BCUT2D eigenvalue weighted by atomic mass is 10.2. The molecule has 0 heterocycles. The van der Waals surface area contributed by atoms with Gasteiger partial charge in [-0.25, -0.2) is 4.79 Å². The third-order valence-corrected chi connectivity index (χ3v) is 4.40. The van der Waals surface area contributed by atoms with Crippen molar-refractivity contribution in [2.45, 2.75) is 19.5 Å². The number of hydrogen-bond acceptors (Lipinski definition) is 5. The van der Waals surface area contributed by atoms with Gasteiger partial charge in [0.1, 0.15) is 5.75 Å². The van der Waals surface area contributed by atoms with Crippen LogP contribution in [0.15, 0.2) is 42.5 Å². The first-order valence-corrected chi connectivity index (χ1v) is 9.32. The standard InChI is InChI=1S/C20H17ClF2N2O5/c21-15-9-14(7-8-16(15)30-20(22)23)24-17(26)10-29-19(28)12-3-5-13(6-4-12)25-18(27)11-1-2-11/h3-9,11,20H,1-2,10H2,(H,24,26)(H,25,27). The number of esters is 1. The molecule has 0 aromatic heterocycles. The van der Waals surface area contributed by atoms with Crippen LogP contribution in [0, 0.1) is 5.92 Å². The van der Waals surface area contributed by atoms with Gasteiger partial charge < -0.3 is 20.1 Å². The van der Waals surface area contributed by atoms with Crippen LogP contribution in [0.25, 0.3) is 0 Å². The van der Waals surface area contributed by atoms with E-state index in [0.717, 1.165) is 12.8 Å². The number of alkyl halides is 2. The Kier molecular flexibility index (Phi) is 6.83. The van der Waals surface area contributed by atoms with E-state index in [0.29, 0.717) is 5.69 Å². The molecule has 1 fully saturated rings. The van der Waals surface area contributed by atoms with E-state index in [2.05, 4.69) is 15.4 Å². The van der Waals surface area contributed by atoms with Crippen molar-refractivity contribution in [3.63, 3.8) is 0 Å². The number of benzene rings is 2. The molecule has 0 spiro atoms. The number of carbonyl (C=O) groups is 3. The lowest BCUT2D eigenvalue weighted by Gasteiger charge is -2.10. The third-order valence-electron chi connectivity index (χ3n) is 4.10. The average Bonchev–Trinajstić information content (AvgIpc) is 3.54. The first kappa shape index (κ1) is 21.5. The molecule has 158 valence electrons. The van der Waals surface area contributed by atoms with Crippen molar-refractivity contribution < 1.29 is 32.6 Å². The molecule has 10 heteroatoms. The molecular weight excluding hydrogens is 422 g/mol. The van der Waals surface area contributed by atoms with Crippen molar-refractivity contribution in [3.8, 4) is 5.75 Å². The Hall–Kier alpha value is -3.20. The van der Waals surface area contributed by atoms with Crippen molar-refractivity contribution in [1.82, 2.24) is 0 Å². The third kappa shape index (κ3) is 6.15. The van der Waals surface area contributed by atoms with Gasteiger partial charge in [-0.3, -0.25) is 9.59 Å². The fraction of sp³-hybridized carbons (Fsp3) is 0.250. The molecule has 2 N–H and O–H groups in total. The molecule has 0 aliphatic heterocycles. The highest BCUT2D eigenvalue weighted by Gasteiger charge is 2.29. The van der Waals surface area contributed by atoms with Gasteiger partial charge in [-0.15, -0.1) is 0 Å². The zero-order valence-electron chi connectivity index (χ0n) is 15.5. The normalized spacial score (nSPS) is 12.9. The monoisotopic (exact) mass is 438 g/mol. The van der Waals surface area contributed by atoms with Crippen LogP contribution in [0.5, 0.6) is 5.75 Å². The Labute approximate surface area is 175 Å². The molecule has 0 saturated heterocycles. The molecule has 3 rings (SSSR count). The molecule has 0 atom stereocenters. The van der Waals surface area contributed by atoms with E-state index in [1.807, 2.05) is 0 Å². The van der Waals surface area contributed by atoms with Gasteiger partial charge >= 0.3 is 12.6 Å². The lowest BCUT2D eigenvalue weighted by Crippen LogP contribution is -2.21. The highest BCUT2D eigenvalue weighted by atomic mass is 35.5. The molecule has 7 nitrogen and oxygen atoms in total. The summed E-state index contributed by atoms with van der Waals surface area (Å²) < 4.78 is 33.6. The van der Waals surface area contributed by atoms with Gasteiger partial charge in [-0.2, -0.15) is 8.78 Å². The molecule has 30 heavy (non-hydrogen) atoms. The number of rotatable bonds is 8. The number of amides is 2. The predicted octanol–water partition coefficient (Wildman–Crippen LogP) is 4.09. The summed E-state index contributed by atoms with van der Waals surface area (Å²) in [7, 11) is 0. The molecule has 2 aromatic carbocycles. The number of nitrogens with one attached hydrogen (secondary N) is 2. The van der Waals surface area contributed by atoms with Crippen molar-refractivity contribution in [2.24, 2.45) is 5.92 Å². The quantitative estimate of drug-likeness (QED) is 0.605. The van der Waals surface area contributed by atoms with E-state index < -0.39 is 25.1 Å². The van der Waals surface area contributed by atoms with Crippen LogP contribution in [0.2, 0.25) is 5.02 Å². The van der Waals surface area contributed by atoms with Crippen LogP contribution < -0.4 is 15.4 Å². The minimum absolute atomic E-state index is 0.0455. The van der Waals surface area contributed by atoms with Crippen molar-refractivity contribution in [1.29, 1.82) is 0 Å².